The van der Waals surface area contributed by atoms with Crippen molar-refractivity contribution in [3.05, 3.63) is 35.4 Å². The molecule has 2 aromatic heterocycles. The van der Waals surface area contributed by atoms with Crippen molar-refractivity contribution in [1.82, 2.24) is 14.5 Å². The highest BCUT2D eigenvalue weighted by Crippen LogP contribution is 2.41. The van der Waals surface area contributed by atoms with Crippen LogP contribution in [0.2, 0.25) is 0 Å². The minimum atomic E-state index is 0.298. The topological polar surface area (TPSA) is 30.7 Å². The van der Waals surface area contributed by atoms with Gasteiger partial charge in [-0.3, -0.25) is 4.98 Å². The summed E-state index contributed by atoms with van der Waals surface area (Å²) in [7, 11) is 2.14. The van der Waals surface area contributed by atoms with Crippen molar-refractivity contribution in [3.63, 3.8) is 0 Å². The van der Waals surface area contributed by atoms with Gasteiger partial charge < -0.3 is 4.57 Å². The summed E-state index contributed by atoms with van der Waals surface area (Å²) in [6, 6.07) is 4.20. The number of hydrogen-bond donors (Lipinski definition) is 0. The van der Waals surface area contributed by atoms with E-state index in [2.05, 4.69) is 53.8 Å². The third-order valence-electron chi connectivity index (χ3n) is 4.78. The molecule has 2 aromatic rings. The maximum Gasteiger partial charge on any atom is 0.141 e. The summed E-state index contributed by atoms with van der Waals surface area (Å²) in [6.45, 7) is 6.47. The molecule has 20 heavy (non-hydrogen) atoms. The second-order valence-electron chi connectivity index (χ2n) is 6.38. The largest absolute Gasteiger partial charge is 0.331 e. The van der Waals surface area contributed by atoms with E-state index in [0.717, 1.165) is 22.8 Å². The fraction of sp³-hybridized carbons (Fsp3) is 0.529. The van der Waals surface area contributed by atoms with Gasteiger partial charge in [0, 0.05) is 41.3 Å². The molecule has 0 unspecified atom stereocenters. The maximum atomic E-state index is 4.69. The van der Waals surface area contributed by atoms with Crippen LogP contribution in [0.3, 0.4) is 0 Å². The zero-order chi connectivity index (χ0) is 14.3. The lowest BCUT2D eigenvalue weighted by Gasteiger charge is -2.24. The molecule has 2 heterocycles. The molecule has 1 saturated carbocycles. The second-order valence-corrected chi connectivity index (χ2v) is 6.38. The molecule has 0 atom stereocenters. The average molecular weight is 269 g/mol. The molecule has 0 saturated heterocycles. The molecular weight excluding hydrogens is 246 g/mol. The Morgan fingerprint density at radius 1 is 1.15 bits per heavy atom. The van der Waals surface area contributed by atoms with Crippen molar-refractivity contribution < 1.29 is 0 Å². The van der Waals surface area contributed by atoms with Crippen LogP contribution in [0.25, 0.3) is 11.4 Å². The summed E-state index contributed by atoms with van der Waals surface area (Å²) in [5.74, 6) is 1.04. The van der Waals surface area contributed by atoms with Crippen molar-refractivity contribution in [2.75, 3.05) is 0 Å². The third-order valence-corrected chi connectivity index (χ3v) is 4.78. The number of imidazole rings is 1. The lowest BCUT2D eigenvalue weighted by atomic mass is 9.85. The van der Waals surface area contributed by atoms with Gasteiger partial charge in [-0.25, -0.2) is 4.98 Å². The Morgan fingerprint density at radius 3 is 2.50 bits per heavy atom. The number of rotatable bonds is 2. The van der Waals surface area contributed by atoms with Crippen LogP contribution in [0.15, 0.2) is 18.3 Å². The zero-order valence-corrected chi connectivity index (χ0v) is 12.9. The Labute approximate surface area is 121 Å². The first kappa shape index (κ1) is 13.3. The second kappa shape index (κ2) is 4.72. The Kier molecular flexibility index (Phi) is 3.15. The van der Waals surface area contributed by atoms with E-state index in [0.29, 0.717) is 5.41 Å². The van der Waals surface area contributed by atoms with E-state index in [1.165, 1.54) is 31.4 Å². The molecule has 1 aliphatic rings. The lowest BCUT2D eigenvalue weighted by molar-refractivity contribution is 0.460. The van der Waals surface area contributed by atoms with Gasteiger partial charge in [0.05, 0.1) is 0 Å². The van der Waals surface area contributed by atoms with Gasteiger partial charge in [0.15, 0.2) is 0 Å². The van der Waals surface area contributed by atoms with Gasteiger partial charge in [0.25, 0.3) is 0 Å². The fourth-order valence-corrected chi connectivity index (χ4v) is 3.55. The van der Waals surface area contributed by atoms with Gasteiger partial charge in [0.1, 0.15) is 5.82 Å². The van der Waals surface area contributed by atoms with E-state index in [9.17, 15) is 0 Å². The molecule has 0 spiro atoms. The van der Waals surface area contributed by atoms with Crippen LogP contribution in [0.4, 0.5) is 0 Å². The molecule has 0 N–H and O–H groups in total. The van der Waals surface area contributed by atoms with Crippen molar-refractivity contribution in [1.29, 1.82) is 0 Å². The van der Waals surface area contributed by atoms with Crippen LogP contribution < -0.4 is 0 Å². The molecule has 3 heteroatoms. The molecule has 0 amide bonds. The zero-order valence-electron chi connectivity index (χ0n) is 12.9. The average Bonchev–Trinajstić information content (AvgIpc) is 2.97. The van der Waals surface area contributed by atoms with Crippen molar-refractivity contribution in [3.8, 4) is 11.4 Å². The van der Waals surface area contributed by atoms with Gasteiger partial charge in [-0.1, -0.05) is 19.8 Å². The molecule has 1 fully saturated rings. The van der Waals surface area contributed by atoms with E-state index >= 15 is 0 Å². The summed E-state index contributed by atoms with van der Waals surface area (Å²) in [6.07, 6.45) is 7.29. The smallest absolute Gasteiger partial charge is 0.141 e. The Bertz CT molecular complexity index is 634. The van der Waals surface area contributed by atoms with Gasteiger partial charge >= 0.3 is 0 Å². The van der Waals surface area contributed by atoms with Crippen molar-refractivity contribution in [2.24, 2.45) is 7.05 Å². The summed E-state index contributed by atoms with van der Waals surface area (Å²) in [4.78, 5) is 9.25. The number of hydrogen-bond acceptors (Lipinski definition) is 2. The van der Waals surface area contributed by atoms with E-state index in [1.54, 1.807) is 0 Å². The van der Waals surface area contributed by atoms with Gasteiger partial charge in [-0.05, 0) is 38.8 Å². The first-order valence-corrected chi connectivity index (χ1v) is 7.48. The highest BCUT2D eigenvalue weighted by atomic mass is 15.1. The summed E-state index contributed by atoms with van der Waals surface area (Å²) in [5.41, 5.74) is 4.92. The van der Waals surface area contributed by atoms with Crippen LogP contribution in [-0.4, -0.2) is 14.5 Å². The van der Waals surface area contributed by atoms with Gasteiger partial charge in [-0.15, -0.1) is 0 Å². The minimum Gasteiger partial charge on any atom is -0.331 e. The Balaban J connectivity index is 2.06. The summed E-state index contributed by atoms with van der Waals surface area (Å²) >= 11 is 0. The number of aryl methyl sites for hydroxylation is 2. The van der Waals surface area contributed by atoms with E-state index < -0.39 is 0 Å². The van der Waals surface area contributed by atoms with Crippen LogP contribution in [-0.2, 0) is 12.5 Å². The number of pyridine rings is 1. The van der Waals surface area contributed by atoms with Crippen LogP contribution in [0.5, 0.6) is 0 Å². The molecule has 0 aromatic carbocycles. The van der Waals surface area contributed by atoms with E-state index in [-0.39, 0.29) is 0 Å². The van der Waals surface area contributed by atoms with Gasteiger partial charge in [-0.2, -0.15) is 0 Å². The first-order valence-electron chi connectivity index (χ1n) is 7.48. The number of aromatic nitrogens is 3. The van der Waals surface area contributed by atoms with Crippen molar-refractivity contribution >= 4 is 0 Å². The molecule has 106 valence electrons. The molecule has 0 radical (unpaired) electrons. The van der Waals surface area contributed by atoms with E-state index in [1.807, 2.05) is 6.92 Å². The van der Waals surface area contributed by atoms with E-state index in [4.69, 9.17) is 0 Å². The monoisotopic (exact) mass is 269 g/mol. The fourth-order valence-electron chi connectivity index (χ4n) is 3.55. The van der Waals surface area contributed by atoms with Crippen LogP contribution in [0.1, 0.15) is 49.7 Å². The third kappa shape index (κ3) is 2.05. The minimum absolute atomic E-state index is 0.298. The Morgan fingerprint density at radius 2 is 1.85 bits per heavy atom. The first-order chi connectivity index (χ1) is 9.51. The maximum absolute atomic E-state index is 4.69. The lowest BCUT2D eigenvalue weighted by Crippen LogP contribution is -2.20. The predicted molar refractivity (Wildman–Crippen MR) is 81.7 cm³/mol. The molecule has 0 aliphatic heterocycles. The molecular formula is C17H23N3. The van der Waals surface area contributed by atoms with Gasteiger partial charge in [0.2, 0.25) is 0 Å². The summed E-state index contributed by atoms with van der Waals surface area (Å²) in [5, 5.41) is 0. The highest BCUT2D eigenvalue weighted by molar-refractivity contribution is 5.59. The SMILES string of the molecule is Cc1ccc(-c2ncc(C3(C)CCCC3)n2C)c(C)n1. The molecule has 3 nitrogen and oxygen atoms in total. The number of nitrogens with zero attached hydrogens (tertiary/aromatic N) is 3. The van der Waals surface area contributed by atoms with Crippen molar-refractivity contribution in [2.45, 2.75) is 51.9 Å². The van der Waals surface area contributed by atoms with Crippen LogP contribution in [0, 0.1) is 13.8 Å². The van der Waals surface area contributed by atoms with Crippen LogP contribution >= 0.6 is 0 Å². The molecule has 3 rings (SSSR count). The normalized spacial score (nSPS) is 17.6. The molecule has 1 aliphatic carbocycles. The standard InChI is InChI=1S/C17H23N3/c1-12-7-8-14(13(2)19-12)16-18-11-15(20(16)4)17(3)9-5-6-10-17/h7-8,11H,5-6,9-10H2,1-4H3. The highest BCUT2D eigenvalue weighted by Gasteiger charge is 2.33. The summed E-state index contributed by atoms with van der Waals surface area (Å²) < 4.78 is 2.27. The predicted octanol–water partition coefficient (Wildman–Crippen LogP) is 3.93. The molecule has 0 bridgehead atoms. The Hall–Kier alpha value is -1.64. The quantitative estimate of drug-likeness (QED) is 0.827.